The van der Waals surface area contributed by atoms with Crippen LogP contribution in [0.4, 0.5) is 0 Å². The Labute approximate surface area is 106 Å². The van der Waals surface area contributed by atoms with Crippen LogP contribution in [0.25, 0.3) is 0 Å². The van der Waals surface area contributed by atoms with E-state index in [4.69, 9.17) is 16.3 Å². The first-order chi connectivity index (χ1) is 8.01. The van der Waals surface area contributed by atoms with Gasteiger partial charge in [-0.15, -0.1) is 0 Å². The van der Waals surface area contributed by atoms with Crippen LogP contribution >= 0.6 is 11.6 Å². The number of nitrogens with zero attached hydrogens (tertiary/aromatic N) is 2. The predicted molar refractivity (Wildman–Crippen MR) is 66.0 cm³/mol. The summed E-state index contributed by atoms with van der Waals surface area (Å²) in [5.41, 5.74) is -0.792. The van der Waals surface area contributed by atoms with Crippen LogP contribution in [0, 0.1) is 0 Å². The van der Waals surface area contributed by atoms with E-state index in [1.807, 2.05) is 6.92 Å². The third-order valence-corrected chi connectivity index (χ3v) is 2.57. The van der Waals surface area contributed by atoms with Crippen molar-refractivity contribution in [3.63, 3.8) is 0 Å². The van der Waals surface area contributed by atoms with Crippen LogP contribution in [0.15, 0.2) is 12.4 Å². The molecule has 1 aromatic rings. The van der Waals surface area contributed by atoms with E-state index in [9.17, 15) is 4.79 Å². The van der Waals surface area contributed by atoms with E-state index in [1.165, 1.54) is 0 Å². The molecule has 0 aliphatic rings. The van der Waals surface area contributed by atoms with Crippen molar-refractivity contribution in [1.29, 1.82) is 0 Å². The van der Waals surface area contributed by atoms with Crippen molar-refractivity contribution in [2.75, 3.05) is 13.2 Å². The maximum Gasteiger partial charge on any atom is 0.327 e. The lowest BCUT2D eigenvalue weighted by molar-refractivity contribution is -0.151. The van der Waals surface area contributed by atoms with Crippen LogP contribution in [0.2, 0.25) is 5.02 Å². The van der Waals surface area contributed by atoms with Gasteiger partial charge in [-0.05, 0) is 20.4 Å². The lowest BCUT2D eigenvalue weighted by Gasteiger charge is -2.27. The van der Waals surface area contributed by atoms with Gasteiger partial charge in [0.2, 0.25) is 0 Å². The van der Waals surface area contributed by atoms with Gasteiger partial charge in [0.05, 0.1) is 24.4 Å². The van der Waals surface area contributed by atoms with Gasteiger partial charge in [0.15, 0.2) is 0 Å². The van der Waals surface area contributed by atoms with E-state index >= 15 is 0 Å². The third kappa shape index (κ3) is 3.71. The predicted octanol–water partition coefficient (Wildman–Crippen LogP) is 1.47. The summed E-state index contributed by atoms with van der Waals surface area (Å²) < 4.78 is 6.69. The molecule has 0 aliphatic carbocycles. The van der Waals surface area contributed by atoms with Crippen molar-refractivity contribution >= 4 is 17.6 Å². The summed E-state index contributed by atoms with van der Waals surface area (Å²) in [5.74, 6) is -0.284. The highest BCUT2D eigenvalue weighted by atomic mass is 35.5. The second kappa shape index (κ2) is 6.02. The van der Waals surface area contributed by atoms with E-state index in [2.05, 4.69) is 10.4 Å². The van der Waals surface area contributed by atoms with Crippen LogP contribution in [0.1, 0.15) is 20.8 Å². The number of carbonyl (C=O) groups excluding carboxylic acids is 1. The van der Waals surface area contributed by atoms with E-state index in [0.717, 1.165) is 0 Å². The summed E-state index contributed by atoms with van der Waals surface area (Å²) in [7, 11) is 0. The number of rotatable bonds is 6. The molecule has 1 heterocycles. The van der Waals surface area contributed by atoms with Gasteiger partial charge in [0, 0.05) is 6.20 Å². The van der Waals surface area contributed by atoms with Crippen LogP contribution in [0.3, 0.4) is 0 Å². The molecule has 0 amide bonds. The Morgan fingerprint density at radius 1 is 1.65 bits per heavy atom. The molecule has 96 valence electrons. The molecular weight excluding hydrogens is 242 g/mol. The highest BCUT2D eigenvalue weighted by Crippen LogP contribution is 2.12. The Balaban J connectivity index is 2.80. The van der Waals surface area contributed by atoms with Gasteiger partial charge >= 0.3 is 5.97 Å². The first-order valence-electron chi connectivity index (χ1n) is 5.62. The van der Waals surface area contributed by atoms with Crippen molar-refractivity contribution in [2.24, 2.45) is 0 Å². The fourth-order valence-corrected chi connectivity index (χ4v) is 1.78. The summed E-state index contributed by atoms with van der Waals surface area (Å²) in [5, 5.41) is 7.73. The Morgan fingerprint density at radius 3 is 2.82 bits per heavy atom. The molecule has 1 atom stereocenters. The summed E-state index contributed by atoms with van der Waals surface area (Å²) in [6.45, 7) is 6.93. The SMILES string of the molecule is CCNC(C)(Cn1cc(Cl)cn1)C(=O)OCC. The number of carbonyl (C=O) groups is 1. The molecule has 0 radical (unpaired) electrons. The van der Waals surface area contributed by atoms with Gasteiger partial charge in [0.25, 0.3) is 0 Å². The topological polar surface area (TPSA) is 56.2 Å². The van der Waals surface area contributed by atoms with Gasteiger partial charge in [0.1, 0.15) is 5.54 Å². The second-order valence-electron chi connectivity index (χ2n) is 3.94. The molecule has 6 heteroatoms. The molecular formula is C11H18ClN3O2. The smallest absolute Gasteiger partial charge is 0.327 e. The molecule has 1 aromatic heterocycles. The number of halogens is 1. The molecule has 1 N–H and O–H groups in total. The fraction of sp³-hybridized carbons (Fsp3) is 0.636. The minimum Gasteiger partial charge on any atom is -0.465 e. The van der Waals surface area contributed by atoms with E-state index in [1.54, 1.807) is 30.9 Å². The van der Waals surface area contributed by atoms with Crippen molar-refractivity contribution < 1.29 is 9.53 Å². The van der Waals surface area contributed by atoms with E-state index in [-0.39, 0.29) is 5.97 Å². The van der Waals surface area contributed by atoms with Crippen LogP contribution in [-0.4, -0.2) is 34.4 Å². The quantitative estimate of drug-likeness (QED) is 0.786. The van der Waals surface area contributed by atoms with Gasteiger partial charge in [-0.2, -0.15) is 5.10 Å². The number of hydrogen-bond acceptors (Lipinski definition) is 4. The number of likely N-dealkylation sites (N-methyl/N-ethyl adjacent to an activating group) is 1. The second-order valence-corrected chi connectivity index (χ2v) is 4.38. The number of hydrogen-bond donors (Lipinski definition) is 1. The summed E-state index contributed by atoms with van der Waals surface area (Å²) in [6, 6.07) is 0. The lowest BCUT2D eigenvalue weighted by Crippen LogP contribution is -2.53. The summed E-state index contributed by atoms with van der Waals surface area (Å²) >= 11 is 5.79. The fourth-order valence-electron chi connectivity index (χ4n) is 1.62. The Hall–Kier alpha value is -1.07. The van der Waals surface area contributed by atoms with E-state index < -0.39 is 5.54 Å². The van der Waals surface area contributed by atoms with Crippen LogP contribution in [-0.2, 0) is 16.1 Å². The molecule has 0 aromatic carbocycles. The molecule has 0 fully saturated rings. The number of aromatic nitrogens is 2. The molecule has 1 unspecified atom stereocenters. The molecule has 5 nitrogen and oxygen atoms in total. The highest BCUT2D eigenvalue weighted by molar-refractivity contribution is 6.30. The van der Waals surface area contributed by atoms with Gasteiger partial charge in [-0.25, -0.2) is 4.79 Å². The monoisotopic (exact) mass is 259 g/mol. The lowest BCUT2D eigenvalue weighted by atomic mass is 10.0. The molecule has 0 saturated heterocycles. The van der Waals surface area contributed by atoms with Gasteiger partial charge < -0.3 is 10.1 Å². The van der Waals surface area contributed by atoms with Crippen molar-refractivity contribution in [3.05, 3.63) is 17.4 Å². The summed E-state index contributed by atoms with van der Waals surface area (Å²) in [6.07, 6.45) is 3.22. The Bertz CT molecular complexity index is 381. The normalized spacial score (nSPS) is 14.4. The molecule has 0 saturated carbocycles. The maximum atomic E-state index is 11.9. The van der Waals surface area contributed by atoms with Crippen molar-refractivity contribution in [1.82, 2.24) is 15.1 Å². The zero-order chi connectivity index (χ0) is 12.9. The van der Waals surface area contributed by atoms with E-state index in [0.29, 0.717) is 24.7 Å². The Morgan fingerprint density at radius 2 is 2.35 bits per heavy atom. The van der Waals surface area contributed by atoms with Gasteiger partial charge in [-0.3, -0.25) is 4.68 Å². The number of ether oxygens (including phenoxy) is 1. The highest BCUT2D eigenvalue weighted by Gasteiger charge is 2.34. The molecule has 0 aliphatic heterocycles. The first-order valence-corrected chi connectivity index (χ1v) is 6.00. The maximum absolute atomic E-state index is 11.9. The van der Waals surface area contributed by atoms with Gasteiger partial charge in [-0.1, -0.05) is 18.5 Å². The largest absolute Gasteiger partial charge is 0.465 e. The number of esters is 1. The minimum atomic E-state index is -0.792. The summed E-state index contributed by atoms with van der Waals surface area (Å²) in [4.78, 5) is 11.9. The van der Waals surface area contributed by atoms with Crippen LogP contribution in [0.5, 0.6) is 0 Å². The zero-order valence-corrected chi connectivity index (χ0v) is 11.1. The molecule has 0 spiro atoms. The van der Waals surface area contributed by atoms with Crippen molar-refractivity contribution in [3.8, 4) is 0 Å². The molecule has 17 heavy (non-hydrogen) atoms. The number of nitrogens with one attached hydrogen (secondary N) is 1. The average molecular weight is 260 g/mol. The van der Waals surface area contributed by atoms with Crippen LogP contribution < -0.4 is 5.32 Å². The third-order valence-electron chi connectivity index (χ3n) is 2.37. The Kier molecular flexibility index (Phi) is 4.96. The van der Waals surface area contributed by atoms with Crippen molar-refractivity contribution in [2.45, 2.75) is 32.9 Å². The average Bonchev–Trinajstić information content (AvgIpc) is 2.64. The molecule has 0 bridgehead atoms. The standard InChI is InChI=1S/C11H18ClN3O2/c1-4-13-11(3,10(16)17-5-2)8-15-7-9(12)6-14-15/h6-7,13H,4-5,8H2,1-3H3. The molecule has 1 rings (SSSR count). The first kappa shape index (κ1) is 14.0. The zero-order valence-electron chi connectivity index (χ0n) is 10.4. The minimum absolute atomic E-state index is 0.284.